The number of hydrogen-bond acceptors (Lipinski definition) is 5. The number of pyridine rings is 1. The normalized spacial score (nSPS) is 11.5. The lowest BCUT2D eigenvalue weighted by Gasteiger charge is -2.05. The van der Waals surface area contributed by atoms with Gasteiger partial charge in [-0.15, -0.1) is 11.3 Å². The van der Waals surface area contributed by atoms with E-state index in [0.29, 0.717) is 16.5 Å². The number of aromatic nitrogens is 1. The molecule has 2 heterocycles. The molecule has 2 N–H and O–H groups in total. The van der Waals surface area contributed by atoms with Gasteiger partial charge in [-0.2, -0.15) is 0 Å². The van der Waals surface area contributed by atoms with Gasteiger partial charge in [-0.3, -0.25) is 0 Å². The highest BCUT2D eigenvalue weighted by atomic mass is 35.5. The van der Waals surface area contributed by atoms with E-state index in [4.69, 9.17) is 16.7 Å². The van der Waals surface area contributed by atoms with E-state index in [-0.39, 0.29) is 16.4 Å². The summed E-state index contributed by atoms with van der Waals surface area (Å²) >= 11 is 6.67. The first-order valence-electron chi connectivity index (χ1n) is 5.83. The quantitative estimate of drug-likeness (QED) is 0.834. The zero-order chi connectivity index (χ0) is 15.5. The molecule has 0 spiro atoms. The smallest absolute Gasteiger partial charge is 0.354 e. The third kappa shape index (κ3) is 4.24. The van der Waals surface area contributed by atoms with E-state index in [9.17, 15) is 13.2 Å². The molecule has 0 aliphatic rings. The minimum atomic E-state index is -3.60. The van der Waals surface area contributed by atoms with Gasteiger partial charge in [0.2, 0.25) is 10.0 Å². The van der Waals surface area contributed by atoms with Crippen molar-refractivity contribution in [3.63, 3.8) is 0 Å². The summed E-state index contributed by atoms with van der Waals surface area (Å²) in [6.07, 6.45) is 0.291. The summed E-state index contributed by atoms with van der Waals surface area (Å²) in [5.41, 5.74) is 0.433. The number of carbonyl (C=O) groups is 1. The van der Waals surface area contributed by atoms with Crippen molar-refractivity contribution >= 4 is 38.9 Å². The molecule has 2 aromatic rings. The van der Waals surface area contributed by atoms with Crippen molar-refractivity contribution in [3.8, 4) is 0 Å². The van der Waals surface area contributed by atoms with Crippen LogP contribution < -0.4 is 4.72 Å². The van der Waals surface area contributed by atoms with Crippen LogP contribution in [-0.4, -0.2) is 31.0 Å². The molecule has 0 aromatic carbocycles. The molecular formula is C12H11ClN2O4S2. The fraction of sp³-hybridized carbons (Fsp3) is 0.167. The van der Waals surface area contributed by atoms with E-state index in [1.54, 1.807) is 12.1 Å². The molecule has 2 aromatic heterocycles. The van der Waals surface area contributed by atoms with Crippen LogP contribution in [0.1, 0.15) is 16.2 Å². The zero-order valence-electron chi connectivity index (χ0n) is 10.6. The maximum atomic E-state index is 11.9. The Kier molecular flexibility index (Phi) is 4.94. The fourth-order valence-electron chi connectivity index (χ4n) is 1.56. The molecule has 0 atom stereocenters. The maximum Gasteiger partial charge on any atom is 0.354 e. The van der Waals surface area contributed by atoms with Crippen LogP contribution in [0.4, 0.5) is 0 Å². The molecule has 0 aliphatic carbocycles. The predicted molar refractivity (Wildman–Crippen MR) is 79.4 cm³/mol. The summed E-state index contributed by atoms with van der Waals surface area (Å²) in [4.78, 5) is 14.7. The molecule has 0 unspecified atom stereocenters. The number of rotatable bonds is 6. The third-order valence-electron chi connectivity index (χ3n) is 2.51. The van der Waals surface area contributed by atoms with Gasteiger partial charge in [-0.25, -0.2) is 22.9 Å². The highest BCUT2D eigenvalue weighted by Crippen LogP contribution is 2.25. The van der Waals surface area contributed by atoms with E-state index in [2.05, 4.69) is 9.71 Å². The molecule has 112 valence electrons. The Morgan fingerprint density at radius 2 is 2.10 bits per heavy atom. The van der Waals surface area contributed by atoms with Gasteiger partial charge in [0, 0.05) is 18.7 Å². The van der Waals surface area contributed by atoms with Gasteiger partial charge in [0.15, 0.2) is 0 Å². The number of carboxylic acids is 1. The van der Waals surface area contributed by atoms with Crippen LogP contribution in [0.5, 0.6) is 0 Å². The fourth-order valence-corrected chi connectivity index (χ4v) is 4.12. The molecule has 0 radical (unpaired) electrons. The van der Waals surface area contributed by atoms with Crippen LogP contribution in [0.25, 0.3) is 0 Å². The standard InChI is InChI=1S/C12H11ClN2O4S2/c13-10-4-5-11(20-10)21(18,19)14-7-6-8-2-1-3-9(15-8)12(16)17/h1-5,14H,6-7H2,(H,16,17). The number of sulfonamides is 1. The Bertz CT molecular complexity index is 758. The van der Waals surface area contributed by atoms with Crippen molar-refractivity contribution in [2.45, 2.75) is 10.6 Å². The topological polar surface area (TPSA) is 96.4 Å². The zero-order valence-corrected chi connectivity index (χ0v) is 13.0. The average Bonchev–Trinajstić information content (AvgIpc) is 2.86. The average molecular weight is 347 g/mol. The largest absolute Gasteiger partial charge is 0.477 e. The summed E-state index contributed by atoms with van der Waals surface area (Å²) in [7, 11) is -3.60. The minimum Gasteiger partial charge on any atom is -0.477 e. The van der Waals surface area contributed by atoms with E-state index in [1.807, 2.05) is 0 Å². The van der Waals surface area contributed by atoms with Gasteiger partial charge in [-0.05, 0) is 24.3 Å². The van der Waals surface area contributed by atoms with Gasteiger partial charge in [0.25, 0.3) is 0 Å². The van der Waals surface area contributed by atoms with Gasteiger partial charge < -0.3 is 5.11 Å². The Morgan fingerprint density at radius 1 is 1.33 bits per heavy atom. The van der Waals surface area contributed by atoms with Gasteiger partial charge in [-0.1, -0.05) is 17.7 Å². The second kappa shape index (κ2) is 6.52. The van der Waals surface area contributed by atoms with Crippen molar-refractivity contribution in [2.75, 3.05) is 6.54 Å². The molecule has 0 amide bonds. The third-order valence-corrected chi connectivity index (χ3v) is 5.70. The molecule has 0 fully saturated rings. The number of nitrogens with zero attached hydrogens (tertiary/aromatic N) is 1. The molecule has 9 heteroatoms. The first-order valence-corrected chi connectivity index (χ1v) is 8.50. The highest BCUT2D eigenvalue weighted by molar-refractivity contribution is 7.91. The molecular weight excluding hydrogens is 336 g/mol. The summed E-state index contributed by atoms with van der Waals surface area (Å²) in [6.45, 7) is 0.119. The molecule has 0 bridgehead atoms. The minimum absolute atomic E-state index is 0.0691. The highest BCUT2D eigenvalue weighted by Gasteiger charge is 2.16. The SMILES string of the molecule is O=C(O)c1cccc(CCNS(=O)(=O)c2ccc(Cl)s2)n1. The number of hydrogen-bond donors (Lipinski definition) is 2. The lowest BCUT2D eigenvalue weighted by Crippen LogP contribution is -2.25. The molecule has 0 saturated heterocycles. The van der Waals surface area contributed by atoms with Crippen molar-refractivity contribution in [3.05, 3.63) is 46.1 Å². The van der Waals surface area contributed by atoms with Gasteiger partial charge >= 0.3 is 5.97 Å². The summed E-state index contributed by atoms with van der Waals surface area (Å²) in [6, 6.07) is 7.53. The van der Waals surface area contributed by atoms with Crippen LogP contribution >= 0.6 is 22.9 Å². The Labute approximate surface area is 130 Å². The number of aromatic carboxylic acids is 1. The number of thiophene rings is 1. The summed E-state index contributed by atoms with van der Waals surface area (Å²) in [5, 5.41) is 8.83. The Morgan fingerprint density at radius 3 is 2.71 bits per heavy atom. The lowest BCUT2D eigenvalue weighted by molar-refractivity contribution is 0.0690. The van der Waals surface area contributed by atoms with Gasteiger partial charge in [0.1, 0.15) is 9.90 Å². The van der Waals surface area contributed by atoms with Crippen LogP contribution in [0.15, 0.2) is 34.5 Å². The molecule has 21 heavy (non-hydrogen) atoms. The number of nitrogens with one attached hydrogen (secondary N) is 1. The monoisotopic (exact) mass is 346 g/mol. The van der Waals surface area contributed by atoms with E-state index in [1.165, 1.54) is 18.2 Å². The van der Waals surface area contributed by atoms with Gasteiger partial charge in [0.05, 0.1) is 4.34 Å². The molecule has 6 nitrogen and oxygen atoms in total. The Hall–Kier alpha value is -1.48. The van der Waals surface area contributed by atoms with Crippen molar-refractivity contribution in [2.24, 2.45) is 0 Å². The maximum absolute atomic E-state index is 11.9. The second-order valence-corrected chi connectivity index (χ2v) is 7.73. The molecule has 2 rings (SSSR count). The van der Waals surface area contributed by atoms with Crippen molar-refractivity contribution < 1.29 is 18.3 Å². The first kappa shape index (κ1) is 15.9. The van der Waals surface area contributed by atoms with Crippen LogP contribution in [-0.2, 0) is 16.4 Å². The lowest BCUT2D eigenvalue weighted by atomic mass is 10.2. The number of carboxylic acid groups (broad SMARTS) is 1. The van der Waals surface area contributed by atoms with E-state index >= 15 is 0 Å². The van der Waals surface area contributed by atoms with Crippen molar-refractivity contribution in [1.29, 1.82) is 0 Å². The van der Waals surface area contributed by atoms with E-state index < -0.39 is 16.0 Å². The molecule has 0 aliphatic heterocycles. The van der Waals surface area contributed by atoms with Crippen LogP contribution in [0.3, 0.4) is 0 Å². The second-order valence-electron chi connectivity index (χ2n) is 4.03. The molecule has 0 saturated carbocycles. The first-order chi connectivity index (χ1) is 9.88. The van der Waals surface area contributed by atoms with Crippen LogP contribution in [0, 0.1) is 0 Å². The predicted octanol–water partition coefficient (Wildman–Crippen LogP) is 2.02. The number of halogens is 1. The van der Waals surface area contributed by atoms with Crippen molar-refractivity contribution in [1.82, 2.24) is 9.71 Å². The van der Waals surface area contributed by atoms with Crippen LogP contribution in [0.2, 0.25) is 4.34 Å². The van der Waals surface area contributed by atoms with E-state index in [0.717, 1.165) is 11.3 Å². The summed E-state index contributed by atoms with van der Waals surface area (Å²) in [5.74, 6) is -1.12. The Balaban J connectivity index is 1.98. The summed E-state index contributed by atoms with van der Waals surface area (Å²) < 4.78 is 26.8.